The van der Waals surface area contributed by atoms with Crippen LogP contribution in [-0.4, -0.2) is 21.2 Å². The first-order chi connectivity index (χ1) is 6.97. The largest absolute Gasteiger partial charge is 0.215 e. The third-order valence-corrected chi connectivity index (χ3v) is 2.65. The van der Waals surface area contributed by atoms with Crippen LogP contribution >= 0.6 is 0 Å². The minimum Gasteiger partial charge on any atom is -0.215 e. The van der Waals surface area contributed by atoms with Gasteiger partial charge >= 0.3 is 0 Å². The van der Waals surface area contributed by atoms with E-state index < -0.39 is 10.0 Å². The van der Waals surface area contributed by atoms with Crippen molar-refractivity contribution in [2.24, 2.45) is 0 Å². The van der Waals surface area contributed by atoms with Crippen molar-refractivity contribution in [3.05, 3.63) is 35.6 Å². The van der Waals surface area contributed by atoms with Crippen molar-refractivity contribution in [1.82, 2.24) is 4.72 Å². The lowest BCUT2D eigenvalue weighted by molar-refractivity contribution is 0.585. The van der Waals surface area contributed by atoms with Gasteiger partial charge in [-0.05, 0) is 30.5 Å². The Kier molecular flexibility index (Phi) is 4.23. The quantitative estimate of drug-likeness (QED) is 0.777. The van der Waals surface area contributed by atoms with Crippen molar-refractivity contribution in [2.45, 2.75) is 12.8 Å². The minimum absolute atomic E-state index is 0.256. The molecule has 0 radical (unpaired) electrons. The highest BCUT2D eigenvalue weighted by molar-refractivity contribution is 7.88. The molecule has 0 aliphatic rings. The number of benzene rings is 1. The number of hydrogen-bond acceptors (Lipinski definition) is 2. The molecule has 1 rings (SSSR count). The van der Waals surface area contributed by atoms with E-state index in [9.17, 15) is 12.8 Å². The van der Waals surface area contributed by atoms with Crippen molar-refractivity contribution in [2.75, 3.05) is 12.8 Å². The molecular formula is C10H14FNO2S. The molecule has 15 heavy (non-hydrogen) atoms. The molecule has 1 aromatic carbocycles. The van der Waals surface area contributed by atoms with Crippen molar-refractivity contribution < 1.29 is 12.8 Å². The Labute approximate surface area is 89.4 Å². The molecule has 5 heteroatoms. The summed E-state index contributed by atoms with van der Waals surface area (Å²) in [6, 6.07) is 6.21. The van der Waals surface area contributed by atoms with E-state index >= 15 is 0 Å². The third kappa shape index (κ3) is 5.49. The Hall–Kier alpha value is -0.940. The van der Waals surface area contributed by atoms with Crippen LogP contribution in [0.25, 0.3) is 0 Å². The number of sulfonamides is 1. The maximum absolute atomic E-state index is 12.5. The van der Waals surface area contributed by atoms with Gasteiger partial charge in [-0.1, -0.05) is 12.1 Å². The van der Waals surface area contributed by atoms with Gasteiger partial charge in [-0.15, -0.1) is 0 Å². The zero-order valence-electron chi connectivity index (χ0n) is 8.53. The van der Waals surface area contributed by atoms with Crippen molar-refractivity contribution >= 4 is 10.0 Å². The van der Waals surface area contributed by atoms with E-state index in [0.717, 1.165) is 18.2 Å². The van der Waals surface area contributed by atoms with Gasteiger partial charge in [0.1, 0.15) is 5.82 Å². The van der Waals surface area contributed by atoms with E-state index in [0.29, 0.717) is 13.0 Å². The van der Waals surface area contributed by atoms with E-state index in [2.05, 4.69) is 4.72 Å². The minimum atomic E-state index is -3.10. The normalized spacial score (nSPS) is 11.6. The van der Waals surface area contributed by atoms with Gasteiger partial charge in [0.2, 0.25) is 10.0 Å². The van der Waals surface area contributed by atoms with Gasteiger partial charge in [-0.3, -0.25) is 0 Å². The Balaban J connectivity index is 2.29. The van der Waals surface area contributed by atoms with E-state index in [1.54, 1.807) is 12.1 Å². The van der Waals surface area contributed by atoms with Crippen LogP contribution in [0, 0.1) is 5.82 Å². The summed E-state index contributed by atoms with van der Waals surface area (Å²) in [5.74, 6) is -0.256. The molecule has 84 valence electrons. The van der Waals surface area contributed by atoms with Gasteiger partial charge in [0.05, 0.1) is 6.26 Å². The highest BCUT2D eigenvalue weighted by Gasteiger charge is 1.99. The summed E-state index contributed by atoms with van der Waals surface area (Å²) in [4.78, 5) is 0. The van der Waals surface area contributed by atoms with Crippen LogP contribution in [0.15, 0.2) is 24.3 Å². The average molecular weight is 231 g/mol. The summed E-state index contributed by atoms with van der Waals surface area (Å²) in [5.41, 5.74) is 1.01. The first-order valence-electron chi connectivity index (χ1n) is 4.66. The van der Waals surface area contributed by atoms with Crippen LogP contribution in [0.4, 0.5) is 4.39 Å². The zero-order valence-corrected chi connectivity index (χ0v) is 9.35. The molecule has 3 nitrogen and oxygen atoms in total. The molecule has 1 N–H and O–H groups in total. The van der Waals surface area contributed by atoms with E-state index in [4.69, 9.17) is 0 Å². The van der Waals surface area contributed by atoms with Gasteiger partial charge in [-0.2, -0.15) is 0 Å². The smallest absolute Gasteiger partial charge is 0.208 e. The zero-order chi connectivity index (χ0) is 11.3. The summed E-state index contributed by atoms with van der Waals surface area (Å²) in [6.07, 6.45) is 2.58. The average Bonchev–Trinajstić information content (AvgIpc) is 2.14. The van der Waals surface area contributed by atoms with E-state index in [1.807, 2.05) is 0 Å². The maximum atomic E-state index is 12.5. The summed E-state index contributed by atoms with van der Waals surface area (Å²) in [7, 11) is -3.10. The summed E-state index contributed by atoms with van der Waals surface area (Å²) >= 11 is 0. The summed E-state index contributed by atoms with van der Waals surface area (Å²) in [5, 5.41) is 0. The van der Waals surface area contributed by atoms with Crippen molar-refractivity contribution in [1.29, 1.82) is 0 Å². The molecule has 0 bridgehead atoms. The lowest BCUT2D eigenvalue weighted by atomic mass is 10.1. The van der Waals surface area contributed by atoms with Gasteiger partial charge in [0.25, 0.3) is 0 Å². The first-order valence-corrected chi connectivity index (χ1v) is 6.55. The monoisotopic (exact) mass is 231 g/mol. The molecule has 0 amide bonds. The lowest BCUT2D eigenvalue weighted by Gasteiger charge is -2.02. The molecule has 0 saturated carbocycles. The Morgan fingerprint density at radius 1 is 1.27 bits per heavy atom. The molecule has 0 saturated heterocycles. The molecule has 1 aromatic rings. The summed E-state index contributed by atoms with van der Waals surface area (Å²) < 4.78 is 36.4. The Bertz CT molecular complexity index is 400. The van der Waals surface area contributed by atoms with E-state index in [1.165, 1.54) is 12.1 Å². The SMILES string of the molecule is CS(=O)(=O)NCCCc1ccc(F)cc1. The van der Waals surface area contributed by atoms with Crippen LogP contribution in [-0.2, 0) is 16.4 Å². The van der Waals surface area contributed by atoms with Gasteiger partial charge in [-0.25, -0.2) is 17.5 Å². The molecule has 0 aliphatic carbocycles. The van der Waals surface area contributed by atoms with Gasteiger partial charge < -0.3 is 0 Å². The molecule has 0 aromatic heterocycles. The third-order valence-electron chi connectivity index (χ3n) is 1.92. The number of nitrogens with one attached hydrogen (secondary N) is 1. The lowest BCUT2D eigenvalue weighted by Crippen LogP contribution is -2.23. The molecule has 0 aliphatic heterocycles. The predicted molar refractivity (Wildman–Crippen MR) is 57.6 cm³/mol. The molecule has 0 spiro atoms. The molecular weight excluding hydrogens is 217 g/mol. The Morgan fingerprint density at radius 2 is 1.87 bits per heavy atom. The topological polar surface area (TPSA) is 46.2 Å². The van der Waals surface area contributed by atoms with Crippen LogP contribution in [0.1, 0.15) is 12.0 Å². The maximum Gasteiger partial charge on any atom is 0.208 e. The fourth-order valence-electron chi connectivity index (χ4n) is 1.20. The molecule has 0 heterocycles. The van der Waals surface area contributed by atoms with Crippen molar-refractivity contribution in [3.8, 4) is 0 Å². The number of rotatable bonds is 5. The van der Waals surface area contributed by atoms with Crippen LogP contribution in [0.2, 0.25) is 0 Å². The second-order valence-corrected chi connectivity index (χ2v) is 5.23. The highest BCUT2D eigenvalue weighted by Crippen LogP contribution is 2.04. The van der Waals surface area contributed by atoms with Crippen molar-refractivity contribution in [3.63, 3.8) is 0 Å². The number of hydrogen-bond donors (Lipinski definition) is 1. The highest BCUT2D eigenvalue weighted by atomic mass is 32.2. The van der Waals surface area contributed by atoms with E-state index in [-0.39, 0.29) is 5.82 Å². The molecule has 0 atom stereocenters. The van der Waals surface area contributed by atoms with Gasteiger partial charge in [0, 0.05) is 6.54 Å². The fraction of sp³-hybridized carbons (Fsp3) is 0.400. The fourth-order valence-corrected chi connectivity index (χ4v) is 1.72. The molecule has 0 unspecified atom stereocenters. The standard InChI is InChI=1S/C10H14FNO2S/c1-15(13,14)12-8-2-3-9-4-6-10(11)7-5-9/h4-7,12H,2-3,8H2,1H3. The van der Waals surface area contributed by atoms with Crippen LogP contribution in [0.5, 0.6) is 0 Å². The number of halogens is 1. The van der Waals surface area contributed by atoms with Crippen LogP contribution < -0.4 is 4.72 Å². The molecule has 0 fully saturated rings. The predicted octanol–water partition coefficient (Wildman–Crippen LogP) is 1.31. The summed E-state index contributed by atoms with van der Waals surface area (Å²) in [6.45, 7) is 0.413. The first kappa shape index (κ1) is 12.1. The second-order valence-electron chi connectivity index (χ2n) is 3.40. The van der Waals surface area contributed by atoms with Crippen LogP contribution in [0.3, 0.4) is 0 Å². The second kappa shape index (κ2) is 5.23. The number of aryl methyl sites for hydroxylation is 1. The van der Waals surface area contributed by atoms with Gasteiger partial charge in [0.15, 0.2) is 0 Å². The Morgan fingerprint density at radius 3 is 2.40 bits per heavy atom.